The summed E-state index contributed by atoms with van der Waals surface area (Å²) in [7, 11) is 0. The Morgan fingerprint density at radius 3 is 2.92 bits per heavy atom. The maximum atomic E-state index is 12.8. The van der Waals surface area contributed by atoms with Crippen LogP contribution >= 0.6 is 11.3 Å². The van der Waals surface area contributed by atoms with E-state index in [0.29, 0.717) is 11.3 Å². The summed E-state index contributed by atoms with van der Waals surface area (Å²) in [5.41, 5.74) is 1.26. The summed E-state index contributed by atoms with van der Waals surface area (Å²) in [6.07, 6.45) is 3.29. The molecule has 0 radical (unpaired) electrons. The fourth-order valence-electron chi connectivity index (χ4n) is 3.15. The number of carbonyl (C=O) groups excluding carboxylic acids is 1. The molecule has 25 heavy (non-hydrogen) atoms. The van der Waals surface area contributed by atoms with Crippen molar-refractivity contribution in [2.24, 2.45) is 0 Å². The van der Waals surface area contributed by atoms with E-state index in [1.54, 1.807) is 41.9 Å². The van der Waals surface area contributed by atoms with Gasteiger partial charge < -0.3 is 10.2 Å². The van der Waals surface area contributed by atoms with Crippen LogP contribution < -0.4 is 10.2 Å². The van der Waals surface area contributed by atoms with Crippen molar-refractivity contribution in [3.8, 4) is 6.07 Å². The van der Waals surface area contributed by atoms with E-state index >= 15 is 0 Å². The predicted octanol–water partition coefficient (Wildman–Crippen LogP) is 3.17. The van der Waals surface area contributed by atoms with Crippen molar-refractivity contribution in [3.05, 3.63) is 47.6 Å². The van der Waals surface area contributed by atoms with Gasteiger partial charge in [-0.3, -0.25) is 4.79 Å². The average molecular weight is 349 g/mol. The summed E-state index contributed by atoms with van der Waals surface area (Å²) in [5.74, 6) is 0.771. The fraction of sp³-hybridized carbons (Fsp3) is 0.222. The summed E-state index contributed by atoms with van der Waals surface area (Å²) in [4.78, 5) is 24.5. The molecule has 6 nitrogen and oxygen atoms in total. The van der Waals surface area contributed by atoms with E-state index in [2.05, 4.69) is 26.3 Å². The molecule has 3 aromatic rings. The Balaban J connectivity index is 1.57. The molecule has 4 rings (SSSR count). The lowest BCUT2D eigenvalue weighted by molar-refractivity contribution is -0.117. The Morgan fingerprint density at radius 2 is 2.12 bits per heavy atom. The van der Waals surface area contributed by atoms with E-state index in [0.717, 1.165) is 35.4 Å². The van der Waals surface area contributed by atoms with Crippen LogP contribution in [0.2, 0.25) is 0 Å². The Labute approximate surface area is 148 Å². The number of amides is 1. The van der Waals surface area contributed by atoms with E-state index < -0.39 is 0 Å². The van der Waals surface area contributed by atoms with Crippen LogP contribution in [-0.4, -0.2) is 28.5 Å². The van der Waals surface area contributed by atoms with Crippen molar-refractivity contribution in [3.63, 3.8) is 0 Å². The molecule has 124 valence electrons. The molecule has 1 aliphatic heterocycles. The molecule has 1 aromatic carbocycles. The standard InChI is InChI=1S/C18H15N5OS/c19-10-12-3-5-13(6-4-12)22-17(24)15-2-1-8-23(15)16-14-7-9-25-18(14)21-11-20-16/h3-7,9,11,15H,1-2,8H2,(H,22,24). The van der Waals surface area contributed by atoms with Crippen LogP contribution in [0.15, 0.2) is 42.0 Å². The number of rotatable bonds is 3. The minimum absolute atomic E-state index is 0.0517. The summed E-state index contributed by atoms with van der Waals surface area (Å²) in [6.45, 7) is 0.799. The molecule has 0 spiro atoms. The van der Waals surface area contributed by atoms with Crippen LogP contribution in [0.3, 0.4) is 0 Å². The zero-order valence-corrected chi connectivity index (χ0v) is 14.2. The molecule has 0 bridgehead atoms. The van der Waals surface area contributed by atoms with Gasteiger partial charge in [-0.25, -0.2) is 9.97 Å². The number of hydrogen-bond acceptors (Lipinski definition) is 6. The highest BCUT2D eigenvalue weighted by Gasteiger charge is 2.32. The summed E-state index contributed by atoms with van der Waals surface area (Å²) < 4.78 is 0. The lowest BCUT2D eigenvalue weighted by Gasteiger charge is -2.25. The number of nitriles is 1. The van der Waals surface area contributed by atoms with Crippen molar-refractivity contribution >= 4 is 39.0 Å². The molecule has 1 N–H and O–H groups in total. The maximum Gasteiger partial charge on any atom is 0.247 e. The first kappa shape index (κ1) is 15.5. The smallest absolute Gasteiger partial charge is 0.247 e. The summed E-state index contributed by atoms with van der Waals surface area (Å²) >= 11 is 1.57. The molecule has 1 amide bonds. The Kier molecular flexibility index (Phi) is 4.04. The molecular formula is C18H15N5OS. The average Bonchev–Trinajstić information content (AvgIpc) is 3.31. The second-order valence-corrected chi connectivity index (χ2v) is 6.76. The third-order valence-corrected chi connectivity index (χ3v) is 5.17. The first-order chi connectivity index (χ1) is 12.3. The van der Waals surface area contributed by atoms with Crippen LogP contribution in [0, 0.1) is 11.3 Å². The van der Waals surface area contributed by atoms with Crippen LogP contribution in [0.1, 0.15) is 18.4 Å². The molecule has 1 unspecified atom stereocenters. The normalized spacial score (nSPS) is 16.8. The zero-order valence-electron chi connectivity index (χ0n) is 13.3. The van der Waals surface area contributed by atoms with E-state index in [1.807, 2.05) is 11.4 Å². The highest BCUT2D eigenvalue weighted by atomic mass is 32.1. The number of aromatic nitrogens is 2. The Morgan fingerprint density at radius 1 is 1.28 bits per heavy atom. The molecule has 0 aliphatic carbocycles. The minimum atomic E-state index is -0.256. The van der Waals surface area contributed by atoms with Crippen molar-refractivity contribution in [2.45, 2.75) is 18.9 Å². The van der Waals surface area contributed by atoms with Crippen molar-refractivity contribution in [1.82, 2.24) is 9.97 Å². The lowest BCUT2D eigenvalue weighted by Crippen LogP contribution is -2.40. The number of fused-ring (bicyclic) bond motifs is 1. The first-order valence-electron chi connectivity index (χ1n) is 8.02. The van der Waals surface area contributed by atoms with Crippen molar-refractivity contribution < 1.29 is 4.79 Å². The molecule has 2 aromatic heterocycles. The van der Waals surface area contributed by atoms with Crippen LogP contribution in [0.5, 0.6) is 0 Å². The molecule has 1 atom stereocenters. The number of hydrogen-bond donors (Lipinski definition) is 1. The molecule has 1 saturated heterocycles. The second-order valence-electron chi connectivity index (χ2n) is 5.87. The summed E-state index contributed by atoms with van der Waals surface area (Å²) in [6, 6.07) is 10.7. The van der Waals surface area contributed by atoms with Gasteiger partial charge in [-0.15, -0.1) is 11.3 Å². The third kappa shape index (κ3) is 2.92. The number of thiophene rings is 1. The topological polar surface area (TPSA) is 81.9 Å². The molecule has 7 heteroatoms. The van der Waals surface area contributed by atoms with Gasteiger partial charge in [0.1, 0.15) is 23.0 Å². The third-order valence-electron chi connectivity index (χ3n) is 4.35. The van der Waals surface area contributed by atoms with Gasteiger partial charge in [0.15, 0.2) is 0 Å². The van der Waals surface area contributed by atoms with Crippen LogP contribution in [-0.2, 0) is 4.79 Å². The monoisotopic (exact) mass is 349 g/mol. The zero-order chi connectivity index (χ0) is 17.2. The van der Waals surface area contributed by atoms with Gasteiger partial charge in [-0.2, -0.15) is 5.26 Å². The van der Waals surface area contributed by atoms with Crippen LogP contribution in [0.25, 0.3) is 10.2 Å². The first-order valence-corrected chi connectivity index (χ1v) is 8.90. The molecule has 3 heterocycles. The van der Waals surface area contributed by atoms with Gasteiger partial charge in [-0.1, -0.05) is 0 Å². The molecule has 0 saturated carbocycles. The maximum absolute atomic E-state index is 12.8. The van der Waals surface area contributed by atoms with E-state index in [-0.39, 0.29) is 11.9 Å². The lowest BCUT2D eigenvalue weighted by atomic mass is 10.1. The van der Waals surface area contributed by atoms with E-state index in [4.69, 9.17) is 5.26 Å². The molecular weight excluding hydrogens is 334 g/mol. The minimum Gasteiger partial charge on any atom is -0.344 e. The molecule has 1 aliphatic rings. The predicted molar refractivity (Wildman–Crippen MR) is 97.6 cm³/mol. The fourth-order valence-corrected chi connectivity index (χ4v) is 3.88. The largest absolute Gasteiger partial charge is 0.344 e. The van der Waals surface area contributed by atoms with E-state index in [9.17, 15) is 4.79 Å². The van der Waals surface area contributed by atoms with Crippen LogP contribution in [0.4, 0.5) is 11.5 Å². The van der Waals surface area contributed by atoms with Gasteiger partial charge in [-0.05, 0) is 48.6 Å². The van der Waals surface area contributed by atoms with Crippen molar-refractivity contribution in [2.75, 3.05) is 16.8 Å². The van der Waals surface area contributed by atoms with Gasteiger partial charge in [0.2, 0.25) is 5.91 Å². The van der Waals surface area contributed by atoms with Crippen molar-refractivity contribution in [1.29, 1.82) is 5.26 Å². The SMILES string of the molecule is N#Cc1ccc(NC(=O)C2CCCN2c2ncnc3sccc23)cc1. The second kappa shape index (κ2) is 6.49. The van der Waals surface area contributed by atoms with Gasteiger partial charge in [0.25, 0.3) is 0 Å². The number of anilines is 2. The van der Waals surface area contributed by atoms with Gasteiger partial charge in [0.05, 0.1) is 17.0 Å². The Bertz CT molecular complexity index is 960. The number of carbonyl (C=O) groups is 1. The highest BCUT2D eigenvalue weighted by Crippen LogP contribution is 2.32. The van der Waals surface area contributed by atoms with Gasteiger partial charge >= 0.3 is 0 Å². The number of nitrogens with one attached hydrogen (secondary N) is 1. The number of benzene rings is 1. The van der Waals surface area contributed by atoms with E-state index in [1.165, 1.54) is 0 Å². The Hall–Kier alpha value is -2.98. The summed E-state index contributed by atoms with van der Waals surface area (Å²) in [5, 5.41) is 14.8. The highest BCUT2D eigenvalue weighted by molar-refractivity contribution is 7.16. The quantitative estimate of drug-likeness (QED) is 0.785. The van der Waals surface area contributed by atoms with Gasteiger partial charge in [0, 0.05) is 12.2 Å². The number of nitrogens with zero attached hydrogens (tertiary/aromatic N) is 4. The molecule has 1 fully saturated rings.